The average molecular weight is 324 g/mol. The van der Waals surface area contributed by atoms with Gasteiger partial charge in [-0.05, 0) is 40.5 Å². The minimum Gasteiger partial charge on any atom is -0.399 e. The Kier molecular flexibility index (Phi) is 3.89. The topological polar surface area (TPSA) is 69.6 Å². The highest BCUT2D eigenvalue weighted by atomic mass is 79.9. The highest BCUT2D eigenvalue weighted by molar-refractivity contribution is 9.10. The summed E-state index contributed by atoms with van der Waals surface area (Å²) in [7, 11) is 0. The van der Waals surface area contributed by atoms with Crippen LogP contribution in [0.25, 0.3) is 11.4 Å². The summed E-state index contributed by atoms with van der Waals surface area (Å²) < 4.78 is 2.76. The number of anilines is 1. The third kappa shape index (κ3) is 3.53. The maximum absolute atomic E-state index is 5.83. The fourth-order valence-electron chi connectivity index (χ4n) is 1.70. The van der Waals surface area contributed by atoms with Crippen LogP contribution in [0.4, 0.5) is 5.69 Å². The first-order valence-electron chi connectivity index (χ1n) is 6.18. The molecular formula is C13H18BrN5. The second kappa shape index (κ2) is 5.28. The summed E-state index contributed by atoms with van der Waals surface area (Å²) in [6, 6.07) is 5.63. The zero-order chi connectivity index (χ0) is 14.0. The van der Waals surface area contributed by atoms with Gasteiger partial charge in [0.1, 0.15) is 0 Å². The second-order valence-corrected chi connectivity index (χ2v) is 6.63. The van der Waals surface area contributed by atoms with Crippen molar-refractivity contribution in [3.05, 3.63) is 22.7 Å². The van der Waals surface area contributed by atoms with E-state index in [1.165, 1.54) is 0 Å². The number of rotatable bonds is 3. The molecule has 6 heteroatoms. The van der Waals surface area contributed by atoms with Crippen molar-refractivity contribution in [2.75, 3.05) is 5.73 Å². The van der Waals surface area contributed by atoms with Crippen LogP contribution in [0.1, 0.15) is 27.2 Å². The highest BCUT2D eigenvalue weighted by Crippen LogP contribution is 2.29. The fourth-order valence-corrected chi connectivity index (χ4v) is 2.13. The molecule has 0 bridgehead atoms. The van der Waals surface area contributed by atoms with Crippen LogP contribution in [-0.4, -0.2) is 20.2 Å². The second-order valence-electron chi connectivity index (χ2n) is 5.78. The van der Waals surface area contributed by atoms with Crippen LogP contribution in [0, 0.1) is 5.41 Å². The molecule has 2 aromatic rings. The molecule has 0 radical (unpaired) electrons. The summed E-state index contributed by atoms with van der Waals surface area (Å²) >= 11 is 3.51. The van der Waals surface area contributed by atoms with E-state index >= 15 is 0 Å². The Bertz CT molecular complexity index is 571. The minimum absolute atomic E-state index is 0.246. The number of nitrogens with two attached hydrogens (primary N) is 1. The van der Waals surface area contributed by atoms with Crippen molar-refractivity contribution in [2.45, 2.75) is 33.7 Å². The number of aryl methyl sites for hydroxylation is 1. The van der Waals surface area contributed by atoms with E-state index in [0.717, 1.165) is 28.8 Å². The van der Waals surface area contributed by atoms with Crippen LogP contribution in [0.2, 0.25) is 0 Å². The summed E-state index contributed by atoms with van der Waals surface area (Å²) in [5, 5.41) is 11.9. The maximum atomic E-state index is 5.83. The molecule has 0 amide bonds. The van der Waals surface area contributed by atoms with Crippen molar-refractivity contribution in [3.63, 3.8) is 0 Å². The van der Waals surface area contributed by atoms with Crippen LogP contribution >= 0.6 is 15.9 Å². The van der Waals surface area contributed by atoms with Crippen molar-refractivity contribution < 1.29 is 0 Å². The van der Waals surface area contributed by atoms with E-state index in [1.54, 1.807) is 0 Å². The molecule has 0 saturated carbocycles. The number of nitrogens with zero attached hydrogens (tertiary/aromatic N) is 4. The number of benzene rings is 1. The summed E-state index contributed by atoms with van der Waals surface area (Å²) in [5.41, 5.74) is 7.69. The minimum atomic E-state index is 0.246. The number of hydrogen-bond acceptors (Lipinski definition) is 4. The molecule has 102 valence electrons. The molecule has 1 aromatic carbocycles. The molecule has 0 fully saturated rings. The number of tetrazole rings is 1. The summed E-state index contributed by atoms with van der Waals surface area (Å²) in [6.45, 7) is 7.39. The van der Waals surface area contributed by atoms with Crippen molar-refractivity contribution in [1.82, 2.24) is 20.2 Å². The SMILES string of the molecule is CC(C)(C)CCn1nnnc1-c1cc(N)ccc1Br. The number of aromatic nitrogens is 4. The molecule has 0 saturated heterocycles. The van der Waals surface area contributed by atoms with Gasteiger partial charge in [0.15, 0.2) is 5.82 Å². The highest BCUT2D eigenvalue weighted by Gasteiger charge is 2.15. The molecule has 0 atom stereocenters. The van der Waals surface area contributed by atoms with Gasteiger partial charge in [0, 0.05) is 22.3 Å². The van der Waals surface area contributed by atoms with Crippen molar-refractivity contribution >= 4 is 21.6 Å². The molecule has 2 rings (SSSR count). The zero-order valence-electron chi connectivity index (χ0n) is 11.4. The first kappa shape index (κ1) is 14.0. The van der Waals surface area contributed by atoms with Crippen molar-refractivity contribution in [3.8, 4) is 11.4 Å². The monoisotopic (exact) mass is 323 g/mol. The van der Waals surface area contributed by atoms with E-state index in [4.69, 9.17) is 5.73 Å². The Morgan fingerprint density at radius 1 is 1.32 bits per heavy atom. The normalized spacial score (nSPS) is 11.8. The van der Waals surface area contributed by atoms with E-state index in [2.05, 4.69) is 52.2 Å². The number of hydrogen-bond donors (Lipinski definition) is 1. The van der Waals surface area contributed by atoms with Gasteiger partial charge in [-0.1, -0.05) is 36.7 Å². The van der Waals surface area contributed by atoms with E-state index < -0.39 is 0 Å². The van der Waals surface area contributed by atoms with Crippen molar-refractivity contribution in [2.24, 2.45) is 5.41 Å². The third-order valence-corrected chi connectivity index (χ3v) is 3.53. The Balaban J connectivity index is 2.31. The molecule has 2 N–H and O–H groups in total. The molecule has 0 unspecified atom stereocenters. The first-order chi connectivity index (χ1) is 8.87. The van der Waals surface area contributed by atoms with E-state index in [-0.39, 0.29) is 5.41 Å². The van der Waals surface area contributed by atoms with Crippen LogP contribution in [0.15, 0.2) is 22.7 Å². The molecule has 0 spiro atoms. The van der Waals surface area contributed by atoms with Crippen LogP contribution in [-0.2, 0) is 6.54 Å². The largest absolute Gasteiger partial charge is 0.399 e. The van der Waals surface area contributed by atoms with E-state index in [0.29, 0.717) is 5.69 Å². The van der Waals surface area contributed by atoms with Gasteiger partial charge in [-0.2, -0.15) is 0 Å². The van der Waals surface area contributed by atoms with Gasteiger partial charge in [0.2, 0.25) is 0 Å². The van der Waals surface area contributed by atoms with Gasteiger partial charge in [-0.15, -0.1) is 5.10 Å². The Morgan fingerprint density at radius 3 is 2.74 bits per heavy atom. The lowest BCUT2D eigenvalue weighted by Gasteiger charge is -2.18. The molecule has 0 aliphatic rings. The maximum Gasteiger partial charge on any atom is 0.183 e. The van der Waals surface area contributed by atoms with Crippen LogP contribution < -0.4 is 5.73 Å². The molecule has 19 heavy (non-hydrogen) atoms. The van der Waals surface area contributed by atoms with E-state index in [9.17, 15) is 0 Å². The quantitative estimate of drug-likeness (QED) is 0.881. The van der Waals surface area contributed by atoms with Gasteiger partial charge >= 0.3 is 0 Å². The third-order valence-electron chi connectivity index (χ3n) is 2.84. The molecule has 1 heterocycles. The molecule has 0 aliphatic carbocycles. The predicted octanol–water partition coefficient (Wildman–Crippen LogP) is 3.12. The lowest BCUT2D eigenvalue weighted by molar-refractivity contribution is 0.340. The first-order valence-corrected chi connectivity index (χ1v) is 6.98. The van der Waals surface area contributed by atoms with Gasteiger partial charge in [0.25, 0.3) is 0 Å². The fraction of sp³-hybridized carbons (Fsp3) is 0.462. The average Bonchev–Trinajstić information content (AvgIpc) is 2.77. The van der Waals surface area contributed by atoms with Gasteiger partial charge in [0.05, 0.1) is 0 Å². The zero-order valence-corrected chi connectivity index (χ0v) is 13.0. The van der Waals surface area contributed by atoms with Crippen LogP contribution in [0.3, 0.4) is 0 Å². The van der Waals surface area contributed by atoms with E-state index in [1.807, 2.05) is 22.9 Å². The molecule has 0 aliphatic heterocycles. The smallest absolute Gasteiger partial charge is 0.183 e. The summed E-state index contributed by atoms with van der Waals surface area (Å²) in [6.07, 6.45) is 1.00. The lowest BCUT2D eigenvalue weighted by Crippen LogP contribution is -2.12. The van der Waals surface area contributed by atoms with Crippen LogP contribution in [0.5, 0.6) is 0 Å². The van der Waals surface area contributed by atoms with Gasteiger partial charge in [-0.25, -0.2) is 4.68 Å². The number of nitrogen functional groups attached to an aromatic ring is 1. The molecule has 5 nitrogen and oxygen atoms in total. The van der Waals surface area contributed by atoms with Gasteiger partial charge < -0.3 is 5.73 Å². The summed E-state index contributed by atoms with van der Waals surface area (Å²) in [4.78, 5) is 0. The molecule has 1 aromatic heterocycles. The Labute approximate surface area is 121 Å². The van der Waals surface area contributed by atoms with Crippen molar-refractivity contribution in [1.29, 1.82) is 0 Å². The standard InChI is InChI=1S/C13H18BrN5/c1-13(2,3)6-7-19-12(16-17-18-19)10-8-9(15)4-5-11(10)14/h4-5,8H,6-7,15H2,1-3H3. The Hall–Kier alpha value is -1.43. The molecular weight excluding hydrogens is 306 g/mol. The number of halogens is 1. The summed E-state index contributed by atoms with van der Waals surface area (Å²) in [5.74, 6) is 0.739. The lowest BCUT2D eigenvalue weighted by atomic mass is 9.92. The van der Waals surface area contributed by atoms with Gasteiger partial charge in [-0.3, -0.25) is 0 Å². The Morgan fingerprint density at radius 2 is 2.05 bits per heavy atom. The predicted molar refractivity (Wildman–Crippen MR) is 79.4 cm³/mol.